The van der Waals surface area contributed by atoms with Gasteiger partial charge in [-0.15, -0.1) is 11.6 Å². The molecule has 1 amide bonds. The Hall–Kier alpha value is -2.01. The summed E-state index contributed by atoms with van der Waals surface area (Å²) in [5.41, 5.74) is -0.434. The largest absolute Gasteiger partial charge is 0.481 e. The smallest absolute Gasteiger partial charge is 0.315 e. The summed E-state index contributed by atoms with van der Waals surface area (Å²) in [5, 5.41) is 11.6. The molecule has 0 saturated carbocycles. The second-order valence-electron chi connectivity index (χ2n) is 5.60. The molecule has 118 valence electrons. The fourth-order valence-electron chi connectivity index (χ4n) is 2.54. The van der Waals surface area contributed by atoms with Gasteiger partial charge in [-0.05, 0) is 31.1 Å². The molecule has 0 bridgehead atoms. The number of carbonyl (C=O) groups is 2. The van der Waals surface area contributed by atoms with Crippen molar-refractivity contribution in [2.45, 2.75) is 26.1 Å². The molecule has 1 aromatic rings. The summed E-state index contributed by atoms with van der Waals surface area (Å²) in [7, 11) is 0. The van der Waals surface area contributed by atoms with Crippen LogP contribution in [0.1, 0.15) is 30.0 Å². The molecule has 2 unspecified atom stereocenters. The van der Waals surface area contributed by atoms with Crippen LogP contribution in [0.15, 0.2) is 40.7 Å². The monoisotopic (exact) mass is 323 g/mol. The van der Waals surface area contributed by atoms with E-state index in [-0.39, 0.29) is 11.8 Å². The lowest BCUT2D eigenvalue weighted by Crippen LogP contribution is -2.44. The van der Waals surface area contributed by atoms with Gasteiger partial charge in [-0.3, -0.25) is 9.59 Å². The first-order chi connectivity index (χ1) is 10.3. The number of furan rings is 1. The van der Waals surface area contributed by atoms with Crippen LogP contribution in [0.3, 0.4) is 0 Å². The van der Waals surface area contributed by atoms with Gasteiger partial charge in [0.25, 0.3) is 5.91 Å². The third kappa shape index (κ3) is 2.68. The van der Waals surface area contributed by atoms with Crippen molar-refractivity contribution in [3.63, 3.8) is 0 Å². The molecule has 2 N–H and O–H groups in total. The van der Waals surface area contributed by atoms with Gasteiger partial charge in [0.2, 0.25) is 0 Å². The van der Waals surface area contributed by atoms with Crippen LogP contribution in [0.5, 0.6) is 0 Å². The third-order valence-electron chi connectivity index (χ3n) is 3.98. The lowest BCUT2D eigenvalue weighted by atomic mass is 9.71. The van der Waals surface area contributed by atoms with Gasteiger partial charge in [0, 0.05) is 5.70 Å². The van der Waals surface area contributed by atoms with Crippen LogP contribution in [-0.4, -0.2) is 22.4 Å². The summed E-state index contributed by atoms with van der Waals surface area (Å²) >= 11 is 6.22. The SMILES string of the molecule is Cc1occc1C(=O)NC1=CC(C(=O)O)(C(C)C)C(Cl)C=C1. The predicted molar refractivity (Wildman–Crippen MR) is 82.7 cm³/mol. The van der Waals surface area contributed by atoms with Crippen molar-refractivity contribution in [3.8, 4) is 0 Å². The Balaban J connectivity index is 2.32. The highest BCUT2D eigenvalue weighted by Gasteiger charge is 2.47. The Kier molecular flexibility index (Phi) is 4.47. The molecule has 1 aromatic heterocycles. The zero-order valence-corrected chi connectivity index (χ0v) is 13.3. The lowest BCUT2D eigenvalue weighted by molar-refractivity contribution is -0.148. The van der Waals surface area contributed by atoms with Crippen LogP contribution in [0.2, 0.25) is 0 Å². The van der Waals surface area contributed by atoms with E-state index in [4.69, 9.17) is 16.0 Å². The number of hydrogen-bond donors (Lipinski definition) is 2. The summed E-state index contributed by atoms with van der Waals surface area (Å²) in [6, 6.07) is 1.56. The Labute approximate surface area is 133 Å². The van der Waals surface area contributed by atoms with Gasteiger partial charge in [-0.1, -0.05) is 19.9 Å². The molecule has 1 aliphatic rings. The number of carbonyl (C=O) groups excluding carboxylic acids is 1. The fraction of sp³-hybridized carbons (Fsp3) is 0.375. The maximum absolute atomic E-state index is 12.2. The summed E-state index contributed by atoms with van der Waals surface area (Å²) in [5.74, 6) is -1.10. The minimum absolute atomic E-state index is 0.236. The molecular formula is C16H18ClNO4. The van der Waals surface area contributed by atoms with E-state index < -0.39 is 16.8 Å². The average Bonchev–Trinajstić information content (AvgIpc) is 2.86. The summed E-state index contributed by atoms with van der Waals surface area (Å²) < 4.78 is 5.10. The van der Waals surface area contributed by atoms with Crippen molar-refractivity contribution in [1.29, 1.82) is 0 Å². The number of carboxylic acids is 1. The number of amides is 1. The number of alkyl halides is 1. The highest BCUT2D eigenvalue weighted by atomic mass is 35.5. The molecule has 6 heteroatoms. The number of hydrogen-bond acceptors (Lipinski definition) is 3. The normalized spacial score (nSPS) is 24.2. The molecule has 0 aromatic carbocycles. The standard InChI is InChI=1S/C16H18ClNO4/c1-9(2)16(15(20)21)8-11(4-5-13(16)17)18-14(19)12-6-7-22-10(12)3/h4-9,13H,1-3H3,(H,18,19)(H,20,21). The van der Waals surface area contributed by atoms with Crippen molar-refractivity contribution in [1.82, 2.24) is 5.32 Å². The van der Waals surface area contributed by atoms with Gasteiger partial charge in [0.05, 0.1) is 17.2 Å². The summed E-state index contributed by atoms with van der Waals surface area (Å²) in [6.07, 6.45) is 6.16. The van der Waals surface area contributed by atoms with Crippen LogP contribution >= 0.6 is 11.6 Å². The molecule has 2 rings (SSSR count). The van der Waals surface area contributed by atoms with Crippen LogP contribution in [0.4, 0.5) is 0 Å². The number of nitrogens with one attached hydrogen (secondary N) is 1. The molecule has 22 heavy (non-hydrogen) atoms. The van der Waals surface area contributed by atoms with Gasteiger partial charge in [0.1, 0.15) is 11.2 Å². The van der Waals surface area contributed by atoms with E-state index in [0.29, 0.717) is 17.0 Å². The van der Waals surface area contributed by atoms with E-state index in [1.165, 1.54) is 12.3 Å². The molecule has 0 aliphatic heterocycles. The molecular weight excluding hydrogens is 306 g/mol. The predicted octanol–water partition coefficient (Wildman–Crippen LogP) is 3.11. The second-order valence-corrected chi connectivity index (χ2v) is 6.07. The second kappa shape index (κ2) is 6.01. The minimum atomic E-state index is -1.26. The number of allylic oxidation sites excluding steroid dienone is 2. The van der Waals surface area contributed by atoms with Crippen molar-refractivity contribution in [2.24, 2.45) is 11.3 Å². The molecule has 1 aliphatic carbocycles. The maximum atomic E-state index is 12.2. The fourth-order valence-corrected chi connectivity index (χ4v) is 3.02. The number of carboxylic acid groups (broad SMARTS) is 1. The van der Waals surface area contributed by atoms with Crippen molar-refractivity contribution >= 4 is 23.5 Å². The number of aliphatic carboxylic acids is 1. The van der Waals surface area contributed by atoms with E-state index >= 15 is 0 Å². The molecule has 0 fully saturated rings. The summed E-state index contributed by atoms with van der Waals surface area (Å²) in [4.78, 5) is 24.0. The Morgan fingerprint density at radius 2 is 2.14 bits per heavy atom. The van der Waals surface area contributed by atoms with E-state index in [1.54, 1.807) is 39.0 Å². The quantitative estimate of drug-likeness (QED) is 0.834. The molecule has 0 radical (unpaired) electrons. The molecule has 0 spiro atoms. The number of rotatable bonds is 4. The zero-order chi connectivity index (χ0) is 16.5. The van der Waals surface area contributed by atoms with E-state index in [2.05, 4.69) is 5.32 Å². The van der Waals surface area contributed by atoms with Crippen LogP contribution in [0.25, 0.3) is 0 Å². The number of aryl methyl sites for hydroxylation is 1. The molecule has 0 saturated heterocycles. The Morgan fingerprint density at radius 1 is 1.45 bits per heavy atom. The molecule has 1 heterocycles. The summed E-state index contributed by atoms with van der Waals surface area (Å²) in [6.45, 7) is 5.27. The highest BCUT2D eigenvalue weighted by molar-refractivity contribution is 6.24. The van der Waals surface area contributed by atoms with Crippen molar-refractivity contribution < 1.29 is 19.1 Å². The molecule has 2 atom stereocenters. The first kappa shape index (κ1) is 16.4. The van der Waals surface area contributed by atoms with Crippen LogP contribution in [0, 0.1) is 18.3 Å². The first-order valence-electron chi connectivity index (χ1n) is 6.93. The first-order valence-corrected chi connectivity index (χ1v) is 7.36. The van der Waals surface area contributed by atoms with Gasteiger partial charge in [0.15, 0.2) is 0 Å². The van der Waals surface area contributed by atoms with Gasteiger partial charge >= 0.3 is 5.97 Å². The highest BCUT2D eigenvalue weighted by Crippen LogP contribution is 2.41. The maximum Gasteiger partial charge on any atom is 0.315 e. The third-order valence-corrected chi connectivity index (χ3v) is 4.49. The Bertz CT molecular complexity index is 659. The van der Waals surface area contributed by atoms with Crippen molar-refractivity contribution in [3.05, 3.63) is 47.6 Å². The van der Waals surface area contributed by atoms with E-state index in [0.717, 1.165) is 0 Å². The van der Waals surface area contributed by atoms with Gasteiger partial charge < -0.3 is 14.8 Å². The topological polar surface area (TPSA) is 79.5 Å². The zero-order valence-electron chi connectivity index (χ0n) is 12.6. The van der Waals surface area contributed by atoms with Gasteiger partial charge in [-0.25, -0.2) is 0 Å². The van der Waals surface area contributed by atoms with E-state index in [1.807, 2.05) is 0 Å². The van der Waals surface area contributed by atoms with Crippen LogP contribution < -0.4 is 5.32 Å². The van der Waals surface area contributed by atoms with E-state index in [9.17, 15) is 14.7 Å². The molecule has 5 nitrogen and oxygen atoms in total. The van der Waals surface area contributed by atoms with Crippen LogP contribution in [-0.2, 0) is 4.79 Å². The average molecular weight is 324 g/mol. The number of halogens is 1. The Morgan fingerprint density at radius 3 is 2.64 bits per heavy atom. The van der Waals surface area contributed by atoms with Crippen molar-refractivity contribution in [2.75, 3.05) is 0 Å². The lowest BCUT2D eigenvalue weighted by Gasteiger charge is -2.36. The van der Waals surface area contributed by atoms with Gasteiger partial charge in [-0.2, -0.15) is 0 Å². The minimum Gasteiger partial charge on any atom is -0.481 e.